The molecule has 3 aromatic rings. The number of pyridine rings is 1. The lowest BCUT2D eigenvalue weighted by atomic mass is 10.00. The van der Waals surface area contributed by atoms with Gasteiger partial charge in [0.1, 0.15) is 6.04 Å². The second-order valence-electron chi connectivity index (χ2n) is 8.41. The van der Waals surface area contributed by atoms with Crippen LogP contribution >= 0.6 is 0 Å². The monoisotopic (exact) mass is 532 g/mol. The molecule has 0 spiro atoms. The van der Waals surface area contributed by atoms with Crippen LogP contribution in [-0.4, -0.2) is 57.5 Å². The van der Waals surface area contributed by atoms with E-state index in [2.05, 4.69) is 4.98 Å². The molecule has 1 aromatic carbocycles. The number of nitrogens with one attached hydrogen (secondary N) is 1. The first-order valence-electron chi connectivity index (χ1n) is 11.3. The Kier molecular flexibility index (Phi) is 8.13. The smallest absolute Gasteiger partial charge is 0.408 e. The van der Waals surface area contributed by atoms with E-state index in [1.165, 1.54) is 13.3 Å². The number of hydrogen-bond donors (Lipinski definition) is 2. The fourth-order valence-electron chi connectivity index (χ4n) is 3.97. The average Bonchev–Trinajstić information content (AvgIpc) is 3.20. The molecule has 0 bridgehead atoms. The number of hydrogen-bond acceptors (Lipinski definition) is 4. The Labute approximate surface area is 208 Å². The number of aromatic hydroxyl groups is 1. The largest absolute Gasteiger partial charge is 0.493 e. The van der Waals surface area contributed by atoms with Crippen LogP contribution in [0.2, 0.25) is 0 Å². The van der Waals surface area contributed by atoms with Gasteiger partial charge in [0.25, 0.3) is 0 Å². The summed E-state index contributed by atoms with van der Waals surface area (Å²) < 4.78 is 84.5. The third-order valence-electron chi connectivity index (χ3n) is 5.91. The summed E-state index contributed by atoms with van der Waals surface area (Å²) in [6.07, 6.45) is -9.71. The van der Waals surface area contributed by atoms with E-state index in [1.54, 1.807) is 60.1 Å². The van der Waals surface area contributed by atoms with Gasteiger partial charge in [-0.15, -0.1) is 0 Å². The van der Waals surface area contributed by atoms with Crippen LogP contribution in [-0.2, 0) is 0 Å². The lowest BCUT2D eigenvalue weighted by Crippen LogP contribution is -2.51. The van der Waals surface area contributed by atoms with Gasteiger partial charge in [-0.3, -0.25) is 4.40 Å². The van der Waals surface area contributed by atoms with Gasteiger partial charge < -0.3 is 20.1 Å². The minimum Gasteiger partial charge on any atom is -0.493 e. The molecule has 2 N–H and O–H groups in total. The van der Waals surface area contributed by atoms with Gasteiger partial charge >= 0.3 is 18.4 Å². The number of fused-ring (bicyclic) bond motifs is 1. The van der Waals surface area contributed by atoms with Crippen molar-refractivity contribution in [1.29, 1.82) is 0 Å². The van der Waals surface area contributed by atoms with Crippen LogP contribution < -0.4 is 10.1 Å². The van der Waals surface area contributed by atoms with E-state index in [4.69, 9.17) is 4.74 Å². The molecule has 37 heavy (non-hydrogen) atoms. The molecule has 0 aliphatic heterocycles. The minimum absolute atomic E-state index is 0.00910. The van der Waals surface area contributed by atoms with Gasteiger partial charge in [-0.2, -0.15) is 31.3 Å². The Morgan fingerprint density at radius 1 is 1.16 bits per heavy atom. The molecule has 0 aliphatic carbocycles. The fraction of sp³-hybridized carbons (Fsp3) is 0.417. The lowest BCUT2D eigenvalue weighted by Gasteiger charge is -2.31. The van der Waals surface area contributed by atoms with Gasteiger partial charge in [0.05, 0.1) is 19.3 Å². The number of methoxy groups -OCH3 is 1. The summed E-state index contributed by atoms with van der Waals surface area (Å²) in [5, 5.41) is 11.5. The highest BCUT2D eigenvalue weighted by atomic mass is 19.4. The van der Waals surface area contributed by atoms with Gasteiger partial charge in [-0.1, -0.05) is 18.2 Å². The molecule has 3 rings (SSSR count). The number of imidazole rings is 1. The lowest BCUT2D eigenvalue weighted by molar-refractivity contribution is -0.171. The number of benzene rings is 1. The zero-order valence-electron chi connectivity index (χ0n) is 20.2. The second kappa shape index (κ2) is 10.8. The number of urea groups is 1. The highest BCUT2D eigenvalue weighted by Crippen LogP contribution is 2.32. The van der Waals surface area contributed by atoms with Crippen molar-refractivity contribution < 1.29 is 41.0 Å². The number of carbonyl (C=O) groups excluding carboxylic acids is 1. The van der Waals surface area contributed by atoms with Crippen LogP contribution in [0.3, 0.4) is 0 Å². The molecule has 2 aromatic heterocycles. The standard InChI is InChI=1S/C24H26F6N4O3/c1-4-34(22(36)31-19(24(28,29)30)8-9-23(25,26)27)14(2)15-6-5-7-16(10-15)17-11-18(37-3)21-32-20(35)13-33(21)12-17/h5-7,10-14,19,35H,4,8-9H2,1-3H3,(H,31,36). The molecular formula is C24H26F6N4O3. The maximum Gasteiger partial charge on any atom is 0.408 e. The summed E-state index contributed by atoms with van der Waals surface area (Å²) >= 11 is 0. The van der Waals surface area contributed by atoms with Crippen LogP contribution in [0, 0.1) is 0 Å². The van der Waals surface area contributed by atoms with Crippen LogP contribution in [0.25, 0.3) is 16.8 Å². The van der Waals surface area contributed by atoms with Crippen LogP contribution in [0.4, 0.5) is 31.1 Å². The van der Waals surface area contributed by atoms with E-state index < -0.39 is 43.3 Å². The molecule has 2 unspecified atom stereocenters. The number of carbonyl (C=O) groups is 1. The van der Waals surface area contributed by atoms with Gasteiger partial charge in [0.2, 0.25) is 5.88 Å². The van der Waals surface area contributed by atoms with Gasteiger partial charge in [-0.25, -0.2) is 4.79 Å². The maximum atomic E-state index is 13.3. The highest BCUT2D eigenvalue weighted by Gasteiger charge is 2.43. The molecule has 7 nitrogen and oxygen atoms in total. The minimum atomic E-state index is -5.04. The number of nitrogens with zero attached hydrogens (tertiary/aromatic N) is 3. The summed E-state index contributed by atoms with van der Waals surface area (Å²) in [5.41, 5.74) is 2.34. The van der Waals surface area contributed by atoms with E-state index in [-0.39, 0.29) is 12.4 Å². The van der Waals surface area contributed by atoms with Crippen molar-refractivity contribution in [1.82, 2.24) is 19.6 Å². The number of alkyl halides is 6. The van der Waals surface area contributed by atoms with Crippen LogP contribution in [0.5, 0.6) is 11.6 Å². The molecule has 2 atom stereocenters. The van der Waals surface area contributed by atoms with E-state index >= 15 is 0 Å². The van der Waals surface area contributed by atoms with E-state index in [0.717, 1.165) is 4.90 Å². The number of ether oxygens (including phenoxy) is 1. The first kappa shape index (κ1) is 27.9. The van der Waals surface area contributed by atoms with Crippen molar-refractivity contribution in [3.05, 3.63) is 48.3 Å². The Hall–Kier alpha value is -3.64. The number of aromatic nitrogens is 2. The average molecular weight is 532 g/mol. The zero-order chi connectivity index (χ0) is 27.5. The first-order chi connectivity index (χ1) is 17.2. The summed E-state index contributed by atoms with van der Waals surface area (Å²) in [6.45, 7) is 3.18. The van der Waals surface area contributed by atoms with Crippen molar-refractivity contribution >= 4 is 11.7 Å². The third kappa shape index (κ3) is 6.77. The zero-order valence-corrected chi connectivity index (χ0v) is 20.2. The molecule has 0 saturated heterocycles. The van der Waals surface area contributed by atoms with Crippen LogP contribution in [0.15, 0.2) is 42.7 Å². The molecule has 0 saturated carbocycles. The maximum absolute atomic E-state index is 13.3. The molecule has 2 amide bonds. The molecule has 0 aliphatic rings. The summed E-state index contributed by atoms with van der Waals surface area (Å²) in [4.78, 5) is 17.8. The molecule has 2 heterocycles. The molecular weight excluding hydrogens is 506 g/mol. The van der Waals surface area contributed by atoms with Crippen molar-refractivity contribution in [2.45, 2.75) is 51.1 Å². The summed E-state index contributed by atoms with van der Waals surface area (Å²) in [6, 6.07) is 4.14. The predicted octanol–water partition coefficient (Wildman–Crippen LogP) is 6.08. The normalized spacial score (nSPS) is 13.9. The van der Waals surface area contributed by atoms with Crippen molar-refractivity contribution in [2.24, 2.45) is 0 Å². The Morgan fingerprint density at radius 2 is 1.86 bits per heavy atom. The Morgan fingerprint density at radius 3 is 2.46 bits per heavy atom. The van der Waals surface area contributed by atoms with Gasteiger partial charge in [0.15, 0.2) is 11.4 Å². The molecule has 202 valence electrons. The molecule has 0 fully saturated rings. The van der Waals surface area contributed by atoms with Gasteiger partial charge in [0, 0.05) is 24.7 Å². The van der Waals surface area contributed by atoms with E-state index in [1.807, 2.05) is 0 Å². The third-order valence-corrected chi connectivity index (χ3v) is 5.91. The van der Waals surface area contributed by atoms with E-state index in [0.29, 0.717) is 28.1 Å². The number of halogens is 6. The molecule has 0 radical (unpaired) electrons. The molecule has 13 heteroatoms. The van der Waals surface area contributed by atoms with Crippen LogP contribution in [0.1, 0.15) is 38.3 Å². The number of rotatable bonds is 8. The summed E-state index contributed by atoms with van der Waals surface area (Å²) in [7, 11) is 1.45. The van der Waals surface area contributed by atoms with E-state index in [9.17, 15) is 36.2 Å². The Balaban J connectivity index is 1.85. The highest BCUT2D eigenvalue weighted by molar-refractivity contribution is 5.75. The Bertz CT molecular complexity index is 1240. The first-order valence-corrected chi connectivity index (χ1v) is 11.3. The SMILES string of the molecule is CCN(C(=O)NC(CCC(F)(F)F)C(F)(F)F)C(C)c1cccc(-c2cc(OC)c3nc(O)cn3c2)c1. The quantitative estimate of drug-likeness (QED) is 0.345. The van der Waals surface area contributed by atoms with Crippen molar-refractivity contribution in [3.8, 4) is 22.8 Å². The van der Waals surface area contributed by atoms with Crippen molar-refractivity contribution in [3.63, 3.8) is 0 Å². The predicted molar refractivity (Wildman–Crippen MR) is 123 cm³/mol. The topological polar surface area (TPSA) is 79.1 Å². The fourth-order valence-corrected chi connectivity index (χ4v) is 3.97. The van der Waals surface area contributed by atoms with Crippen molar-refractivity contribution in [2.75, 3.05) is 13.7 Å². The second-order valence-corrected chi connectivity index (χ2v) is 8.41. The van der Waals surface area contributed by atoms with Gasteiger partial charge in [-0.05, 0) is 43.5 Å². The summed E-state index contributed by atoms with van der Waals surface area (Å²) in [5.74, 6) is 0.192. The number of amides is 2.